The van der Waals surface area contributed by atoms with Crippen LogP contribution in [-0.4, -0.2) is 9.79 Å². The van der Waals surface area contributed by atoms with Gasteiger partial charge in [-0.1, -0.05) is 0 Å². The van der Waals surface area contributed by atoms with Gasteiger partial charge in [0, 0.05) is 0 Å². The summed E-state index contributed by atoms with van der Waals surface area (Å²) in [6.07, 6.45) is 0. The van der Waals surface area contributed by atoms with Gasteiger partial charge in [0.15, 0.2) is 0 Å². The average molecular weight is 164 g/mol. The number of rotatable bonds is 1. The van der Waals surface area contributed by atoms with Crippen molar-refractivity contribution in [1.29, 1.82) is 0 Å². The molecule has 0 radical (unpaired) electrons. The Morgan fingerprint density at radius 1 is 1.38 bits per heavy atom. The van der Waals surface area contributed by atoms with Gasteiger partial charge in [0.1, 0.15) is 0 Å². The van der Waals surface area contributed by atoms with Crippen molar-refractivity contribution in [3.63, 3.8) is 0 Å². The molecular formula is H9N2O4PS. The van der Waals surface area contributed by atoms with Gasteiger partial charge in [0.2, 0.25) is 0 Å². The maximum absolute atomic E-state index is 9.40. The zero-order chi connectivity index (χ0) is 5.21. The molecule has 8 heteroatoms. The van der Waals surface area contributed by atoms with Crippen LogP contribution in [0.2, 0.25) is 0 Å². The fourth-order valence-electron chi connectivity index (χ4n) is 0. The van der Waals surface area contributed by atoms with E-state index >= 15 is 0 Å². The fraction of sp³-hybridized carbons (Fsp3) is 0. The van der Waals surface area contributed by atoms with Gasteiger partial charge in [-0.25, -0.2) is 8.54 Å². The highest BCUT2D eigenvalue weighted by Gasteiger charge is 2.08. The number of hydrogen-bond donors (Lipinski definition) is 5. The molecule has 0 aromatic rings. The Kier molecular flexibility index (Phi) is 10.9. The van der Waals surface area contributed by atoms with Crippen LogP contribution >= 0.6 is 20.7 Å². The van der Waals surface area contributed by atoms with Crippen LogP contribution in [0, 0.1) is 0 Å². The summed E-state index contributed by atoms with van der Waals surface area (Å²) < 4.78 is 12.7. The fourth-order valence-corrected chi connectivity index (χ4v) is 0. The predicted octanol–water partition coefficient (Wildman–Crippen LogP) is 0.264. The summed E-state index contributed by atoms with van der Waals surface area (Å²) in [7, 11) is -4.28. The zero-order valence-electron chi connectivity index (χ0n) is 4.02. The van der Waals surface area contributed by atoms with Crippen molar-refractivity contribution in [2.24, 2.45) is 0 Å². The molecule has 0 heterocycles. The number of hydrogen-bond acceptors (Lipinski definition) is 5. The van der Waals surface area contributed by atoms with Gasteiger partial charge in [-0.2, -0.15) is 0 Å². The first-order valence-electron chi connectivity index (χ1n) is 0.948. The van der Waals surface area contributed by atoms with Gasteiger partial charge >= 0.3 is 7.82 Å². The second kappa shape index (κ2) is 5.52. The monoisotopic (exact) mass is 164 g/mol. The standard InChI is InChI=1S/2H3N.H3O4PS/c;;1-5(2,3)4-6/h2*1H3;6H,(H2,1,2,3). The molecule has 8 heavy (non-hydrogen) atoms. The van der Waals surface area contributed by atoms with Gasteiger partial charge in [-0.3, -0.25) is 0 Å². The lowest BCUT2D eigenvalue weighted by Gasteiger charge is -1.91. The van der Waals surface area contributed by atoms with E-state index in [1.54, 1.807) is 0 Å². The van der Waals surface area contributed by atoms with Crippen molar-refractivity contribution >= 4 is 20.7 Å². The van der Waals surface area contributed by atoms with E-state index in [1.165, 1.54) is 0 Å². The van der Waals surface area contributed by atoms with E-state index in [0.29, 0.717) is 0 Å². The van der Waals surface area contributed by atoms with E-state index in [9.17, 15) is 4.57 Å². The SMILES string of the molecule is N.N.O=P(O)(O)OS. The van der Waals surface area contributed by atoms with Crippen LogP contribution in [0.4, 0.5) is 0 Å². The molecule has 54 valence electrons. The second-order valence-electron chi connectivity index (χ2n) is 0.572. The largest absolute Gasteiger partial charge is 0.480 e. The highest BCUT2D eigenvalue weighted by atomic mass is 32.1. The molecule has 8 N–H and O–H groups in total. The average Bonchev–Trinajstić information content (AvgIpc) is 1.35. The Morgan fingerprint density at radius 3 is 1.50 bits per heavy atom. The first-order chi connectivity index (χ1) is 2.56. The Hall–Kier alpha value is 0.380. The van der Waals surface area contributed by atoms with Crippen LogP contribution in [0.1, 0.15) is 0 Å². The molecule has 0 atom stereocenters. The molecule has 0 aliphatic heterocycles. The van der Waals surface area contributed by atoms with Crippen molar-refractivity contribution in [2.75, 3.05) is 0 Å². The third-order valence-corrected chi connectivity index (χ3v) is 0.957. The minimum atomic E-state index is -4.28. The minimum absolute atomic E-state index is 0. The summed E-state index contributed by atoms with van der Waals surface area (Å²) in [5.41, 5.74) is 0. The lowest BCUT2D eigenvalue weighted by molar-refractivity contribution is 0.300. The van der Waals surface area contributed by atoms with E-state index in [1.807, 2.05) is 0 Å². The van der Waals surface area contributed by atoms with E-state index in [2.05, 4.69) is 16.9 Å². The molecular weight excluding hydrogens is 155 g/mol. The molecule has 0 aliphatic carbocycles. The Labute approximate surface area is 52.3 Å². The first kappa shape index (κ1) is 15.8. The predicted molar refractivity (Wildman–Crippen MR) is 32.2 cm³/mol. The van der Waals surface area contributed by atoms with Crippen molar-refractivity contribution < 1.29 is 18.3 Å². The zero-order valence-corrected chi connectivity index (χ0v) is 5.81. The van der Waals surface area contributed by atoms with E-state index in [0.717, 1.165) is 0 Å². The summed E-state index contributed by atoms with van der Waals surface area (Å²) in [5, 5.41) is 0. The lowest BCUT2D eigenvalue weighted by Crippen LogP contribution is -1.70. The molecule has 0 fully saturated rings. The maximum Gasteiger partial charge on any atom is 0.480 e. The molecule has 0 amide bonds. The molecule has 0 saturated heterocycles. The summed E-state index contributed by atoms with van der Waals surface area (Å²) in [5.74, 6) is 0. The van der Waals surface area contributed by atoms with Crippen molar-refractivity contribution in [3.8, 4) is 0 Å². The molecule has 0 saturated carbocycles. The summed E-state index contributed by atoms with van der Waals surface area (Å²) in [6.45, 7) is 0. The highest BCUT2D eigenvalue weighted by Crippen LogP contribution is 2.36. The third kappa shape index (κ3) is 16.2. The second-order valence-corrected chi connectivity index (χ2v) is 2.21. The molecule has 0 rings (SSSR count). The third-order valence-electron chi connectivity index (χ3n) is 0.106. The molecule has 6 nitrogen and oxygen atoms in total. The Bertz CT molecular complexity index is 78.1. The Balaban J connectivity index is -0.000000125. The molecule has 0 aliphatic rings. The van der Waals surface area contributed by atoms with E-state index < -0.39 is 7.82 Å². The van der Waals surface area contributed by atoms with Crippen LogP contribution in [0.25, 0.3) is 0 Å². The van der Waals surface area contributed by atoms with Gasteiger partial charge in [0.05, 0.1) is 0 Å². The maximum atomic E-state index is 9.40. The number of phosphoric acid groups is 1. The van der Waals surface area contributed by atoms with Crippen LogP contribution in [0.15, 0.2) is 0 Å². The molecule has 0 unspecified atom stereocenters. The van der Waals surface area contributed by atoms with Gasteiger partial charge in [-0.05, 0) is 12.9 Å². The summed E-state index contributed by atoms with van der Waals surface area (Å²) >= 11 is 2.84. The van der Waals surface area contributed by atoms with Crippen molar-refractivity contribution in [2.45, 2.75) is 0 Å². The smallest absolute Gasteiger partial charge is 0.344 e. The molecule has 0 bridgehead atoms. The van der Waals surface area contributed by atoms with E-state index in [-0.39, 0.29) is 12.3 Å². The molecule has 0 spiro atoms. The number of thiol groups is 1. The highest BCUT2D eigenvalue weighted by molar-refractivity contribution is 7.80. The molecule has 0 aromatic heterocycles. The minimum Gasteiger partial charge on any atom is -0.344 e. The van der Waals surface area contributed by atoms with Crippen LogP contribution in [0.3, 0.4) is 0 Å². The lowest BCUT2D eigenvalue weighted by atomic mass is 14.0. The summed E-state index contributed by atoms with van der Waals surface area (Å²) in [4.78, 5) is 15.3. The van der Waals surface area contributed by atoms with Gasteiger partial charge in [-0.15, -0.1) is 0 Å². The van der Waals surface area contributed by atoms with Crippen molar-refractivity contribution in [3.05, 3.63) is 0 Å². The Morgan fingerprint density at radius 2 is 1.50 bits per heavy atom. The van der Waals surface area contributed by atoms with Gasteiger partial charge in [0.25, 0.3) is 0 Å². The topological polar surface area (TPSA) is 137 Å². The van der Waals surface area contributed by atoms with Gasteiger partial charge < -0.3 is 22.1 Å². The molecule has 0 aromatic carbocycles. The summed E-state index contributed by atoms with van der Waals surface area (Å²) in [6, 6.07) is 0. The first-order valence-corrected chi connectivity index (χ1v) is 2.84. The van der Waals surface area contributed by atoms with Crippen LogP contribution in [-0.2, 0) is 8.54 Å². The van der Waals surface area contributed by atoms with Crippen molar-refractivity contribution in [1.82, 2.24) is 12.3 Å². The normalized spacial score (nSPS) is 8.88. The van der Waals surface area contributed by atoms with Crippen LogP contribution in [0.5, 0.6) is 0 Å². The quantitative estimate of drug-likeness (QED) is 0.214. The van der Waals surface area contributed by atoms with Crippen LogP contribution < -0.4 is 12.3 Å². The van der Waals surface area contributed by atoms with E-state index in [4.69, 9.17) is 9.79 Å².